The molecule has 0 amide bonds. The Morgan fingerprint density at radius 2 is 1.12 bits per heavy atom. The number of hydrogen-bond acceptors (Lipinski definition) is 12. The molecule has 0 saturated heterocycles. The van der Waals surface area contributed by atoms with Crippen LogP contribution in [0.2, 0.25) is 0 Å². The lowest BCUT2D eigenvalue weighted by molar-refractivity contribution is -0.132. The highest BCUT2D eigenvalue weighted by Gasteiger charge is 2.36. The van der Waals surface area contributed by atoms with Crippen LogP contribution < -0.4 is 14.2 Å². The van der Waals surface area contributed by atoms with Crippen LogP contribution in [0.1, 0.15) is 73.3 Å². The van der Waals surface area contributed by atoms with Gasteiger partial charge in [-0.15, -0.1) is 0 Å². The highest BCUT2D eigenvalue weighted by molar-refractivity contribution is 6.30. The number of carbonyl (C=O) groups excluding carboxylic acids is 7. The lowest BCUT2D eigenvalue weighted by atomic mass is 9.82. The van der Waals surface area contributed by atoms with Crippen LogP contribution in [0.4, 0.5) is 0 Å². The third kappa shape index (κ3) is 6.22. The van der Waals surface area contributed by atoms with Crippen LogP contribution in [0.15, 0.2) is 54.6 Å². The second kappa shape index (κ2) is 12.3. The van der Waals surface area contributed by atoms with E-state index in [2.05, 4.69) is 0 Å². The van der Waals surface area contributed by atoms with Crippen molar-refractivity contribution in [2.45, 2.75) is 20.8 Å². The standard InChI is InChI=1S/C30H22O12/c1-15(31)40-22-9-5-4-7-19(22)30(37)39-12-11-38-29(36)18-13-21-26(24(14-18)42-17(3)33)28(35)25-20(27(21)34)8-6-10-23(25)41-16(2)32/h4-10,13-14H,11-12H2,1-3H3. The first-order valence-electron chi connectivity index (χ1n) is 12.4. The molecule has 214 valence electrons. The van der Waals surface area contributed by atoms with Crippen LogP contribution in [0, 0.1) is 0 Å². The summed E-state index contributed by atoms with van der Waals surface area (Å²) in [5.74, 6) is -5.93. The molecule has 3 aromatic carbocycles. The molecule has 0 unspecified atom stereocenters. The van der Waals surface area contributed by atoms with Crippen molar-refractivity contribution in [1.29, 1.82) is 0 Å². The van der Waals surface area contributed by atoms with Gasteiger partial charge in [0.25, 0.3) is 0 Å². The third-order valence-corrected chi connectivity index (χ3v) is 5.73. The van der Waals surface area contributed by atoms with Crippen LogP contribution in [0.5, 0.6) is 17.2 Å². The largest absolute Gasteiger partial charge is 0.458 e. The van der Waals surface area contributed by atoms with Gasteiger partial charge in [-0.2, -0.15) is 0 Å². The Kier molecular flexibility index (Phi) is 8.56. The maximum atomic E-state index is 13.5. The molecule has 0 fully saturated rings. The Morgan fingerprint density at radius 3 is 1.79 bits per heavy atom. The first-order chi connectivity index (χ1) is 20.0. The van der Waals surface area contributed by atoms with E-state index in [4.69, 9.17) is 23.7 Å². The molecule has 0 heterocycles. The molecule has 12 nitrogen and oxygen atoms in total. The van der Waals surface area contributed by atoms with Crippen molar-refractivity contribution < 1.29 is 57.2 Å². The SMILES string of the molecule is CC(=O)Oc1ccccc1C(=O)OCCOC(=O)c1cc(OC(C)=O)c2c(c1)C(=O)c1cccc(OC(C)=O)c1C2=O. The molecular formula is C30H22O12. The van der Waals surface area contributed by atoms with Gasteiger partial charge in [0.15, 0.2) is 5.78 Å². The molecular weight excluding hydrogens is 552 g/mol. The predicted molar refractivity (Wildman–Crippen MR) is 141 cm³/mol. The topological polar surface area (TPSA) is 166 Å². The number of benzene rings is 3. The summed E-state index contributed by atoms with van der Waals surface area (Å²) < 4.78 is 25.5. The summed E-state index contributed by atoms with van der Waals surface area (Å²) in [5.41, 5.74) is -1.03. The molecule has 42 heavy (non-hydrogen) atoms. The van der Waals surface area contributed by atoms with Gasteiger partial charge in [-0.3, -0.25) is 24.0 Å². The van der Waals surface area contributed by atoms with Crippen LogP contribution in [0.3, 0.4) is 0 Å². The lowest BCUT2D eigenvalue weighted by Gasteiger charge is -2.22. The van der Waals surface area contributed by atoms with Gasteiger partial charge in [0.05, 0.1) is 16.7 Å². The molecule has 0 radical (unpaired) electrons. The van der Waals surface area contributed by atoms with Crippen molar-refractivity contribution in [1.82, 2.24) is 0 Å². The highest BCUT2D eigenvalue weighted by Crippen LogP contribution is 2.38. The molecule has 0 saturated carbocycles. The second-order valence-corrected chi connectivity index (χ2v) is 8.78. The molecule has 0 spiro atoms. The minimum Gasteiger partial charge on any atom is -0.458 e. The molecule has 4 rings (SSSR count). The normalized spacial score (nSPS) is 11.5. The summed E-state index contributed by atoms with van der Waals surface area (Å²) >= 11 is 0. The fraction of sp³-hybridized carbons (Fsp3) is 0.167. The maximum Gasteiger partial charge on any atom is 0.342 e. The van der Waals surface area contributed by atoms with Gasteiger partial charge >= 0.3 is 29.8 Å². The molecule has 1 aliphatic rings. The molecule has 0 aliphatic heterocycles. The quantitative estimate of drug-likeness (QED) is 0.172. The summed E-state index contributed by atoms with van der Waals surface area (Å²) in [6, 6.07) is 12.2. The first kappa shape index (κ1) is 29.3. The van der Waals surface area contributed by atoms with E-state index in [0.717, 1.165) is 26.0 Å². The Labute approximate surface area is 238 Å². The second-order valence-electron chi connectivity index (χ2n) is 8.78. The van der Waals surface area contributed by atoms with E-state index in [-0.39, 0.29) is 57.2 Å². The number of ketones is 2. The molecule has 12 heteroatoms. The van der Waals surface area contributed by atoms with Gasteiger partial charge < -0.3 is 23.7 Å². The average Bonchev–Trinajstić information content (AvgIpc) is 2.92. The van der Waals surface area contributed by atoms with Crippen LogP contribution in [-0.2, 0) is 23.9 Å². The van der Waals surface area contributed by atoms with Crippen LogP contribution in [-0.4, -0.2) is 54.6 Å². The number of para-hydroxylation sites is 1. The zero-order valence-electron chi connectivity index (χ0n) is 22.5. The van der Waals surface area contributed by atoms with E-state index in [9.17, 15) is 33.6 Å². The minimum absolute atomic E-state index is 0.000167. The zero-order chi connectivity index (χ0) is 30.6. The van der Waals surface area contributed by atoms with E-state index < -0.39 is 48.0 Å². The Bertz CT molecular complexity index is 1670. The number of hydrogen-bond donors (Lipinski definition) is 0. The van der Waals surface area contributed by atoms with Gasteiger partial charge in [-0.05, 0) is 30.3 Å². The van der Waals surface area contributed by atoms with Crippen molar-refractivity contribution in [3.63, 3.8) is 0 Å². The van der Waals surface area contributed by atoms with E-state index in [1.165, 1.54) is 37.3 Å². The molecule has 0 N–H and O–H groups in total. The van der Waals surface area contributed by atoms with Crippen molar-refractivity contribution in [2.75, 3.05) is 13.2 Å². The minimum atomic E-state index is -0.970. The predicted octanol–water partition coefficient (Wildman–Crippen LogP) is 3.25. The van der Waals surface area contributed by atoms with Gasteiger partial charge in [-0.1, -0.05) is 24.3 Å². The van der Waals surface area contributed by atoms with Crippen molar-refractivity contribution in [3.8, 4) is 17.2 Å². The molecule has 0 aromatic heterocycles. The number of carbonyl (C=O) groups is 7. The molecule has 0 bridgehead atoms. The van der Waals surface area contributed by atoms with Gasteiger partial charge in [0, 0.05) is 31.9 Å². The number of fused-ring (bicyclic) bond motifs is 2. The van der Waals surface area contributed by atoms with Crippen molar-refractivity contribution >= 4 is 41.4 Å². The summed E-state index contributed by atoms with van der Waals surface area (Å²) in [6.45, 7) is 2.61. The summed E-state index contributed by atoms with van der Waals surface area (Å²) in [6.07, 6.45) is 0. The summed E-state index contributed by atoms with van der Waals surface area (Å²) in [4.78, 5) is 86.8. The highest BCUT2D eigenvalue weighted by atomic mass is 16.6. The summed E-state index contributed by atoms with van der Waals surface area (Å²) in [5, 5.41) is 0. The fourth-order valence-corrected chi connectivity index (χ4v) is 4.16. The van der Waals surface area contributed by atoms with E-state index in [1.54, 1.807) is 12.1 Å². The maximum absolute atomic E-state index is 13.5. The van der Waals surface area contributed by atoms with Gasteiger partial charge in [-0.25, -0.2) is 9.59 Å². The lowest BCUT2D eigenvalue weighted by Crippen LogP contribution is -2.25. The van der Waals surface area contributed by atoms with E-state index >= 15 is 0 Å². The zero-order valence-corrected chi connectivity index (χ0v) is 22.5. The van der Waals surface area contributed by atoms with Crippen LogP contribution >= 0.6 is 0 Å². The monoisotopic (exact) mass is 574 g/mol. The van der Waals surface area contributed by atoms with E-state index in [1.807, 2.05) is 0 Å². The molecule has 0 atom stereocenters. The Morgan fingerprint density at radius 1 is 0.571 bits per heavy atom. The van der Waals surface area contributed by atoms with Crippen molar-refractivity contribution in [2.24, 2.45) is 0 Å². The third-order valence-electron chi connectivity index (χ3n) is 5.73. The number of esters is 5. The summed E-state index contributed by atoms with van der Waals surface area (Å²) in [7, 11) is 0. The Balaban J connectivity index is 1.54. The smallest absolute Gasteiger partial charge is 0.342 e. The van der Waals surface area contributed by atoms with Gasteiger partial charge in [0.2, 0.25) is 5.78 Å². The average molecular weight is 574 g/mol. The fourth-order valence-electron chi connectivity index (χ4n) is 4.16. The number of rotatable bonds is 8. The van der Waals surface area contributed by atoms with Gasteiger partial charge in [0.1, 0.15) is 36.0 Å². The number of ether oxygens (including phenoxy) is 5. The first-order valence-corrected chi connectivity index (χ1v) is 12.4. The van der Waals surface area contributed by atoms with Crippen LogP contribution in [0.25, 0.3) is 0 Å². The Hall–Kier alpha value is -5.65. The van der Waals surface area contributed by atoms with Crippen molar-refractivity contribution in [3.05, 3.63) is 88.0 Å². The molecule has 3 aromatic rings. The van der Waals surface area contributed by atoms with E-state index in [0.29, 0.717) is 0 Å². The molecule has 1 aliphatic carbocycles.